The molecule has 1 amide bonds. The summed E-state index contributed by atoms with van der Waals surface area (Å²) in [7, 11) is 0. The van der Waals surface area contributed by atoms with Gasteiger partial charge in [-0.05, 0) is 12.0 Å². The summed E-state index contributed by atoms with van der Waals surface area (Å²) in [5.41, 5.74) is 4.74. The number of primary amides is 1. The van der Waals surface area contributed by atoms with E-state index in [1.54, 1.807) is 0 Å². The molecule has 0 saturated carbocycles. The molecular weight excluding hydrogens is 158 g/mol. The molecule has 0 unspecified atom stereocenters. The molecule has 0 spiro atoms. The average molecular weight is 163 g/mol. The van der Waals surface area contributed by atoms with Crippen LogP contribution in [0, 0.1) is 11.8 Å². The van der Waals surface area contributed by atoms with E-state index in [1.165, 1.54) is 12.1 Å². The summed E-state index contributed by atoms with van der Waals surface area (Å²) in [5.74, 6) is 3.72. The van der Waals surface area contributed by atoms with E-state index in [-0.39, 0.29) is 5.56 Å². The van der Waals surface area contributed by atoms with Crippen LogP contribution in [0.15, 0.2) is 16.9 Å². The lowest BCUT2D eigenvalue weighted by molar-refractivity contribution is -0.112. The van der Waals surface area contributed by atoms with Gasteiger partial charge < -0.3 is 5.73 Å². The lowest BCUT2D eigenvalue weighted by atomic mass is 10.4. The number of aromatic nitrogens is 2. The molecule has 0 bridgehead atoms. The molecule has 60 valence electrons. The molecular formula is C7H5N3O2. The van der Waals surface area contributed by atoms with Crippen LogP contribution < -0.4 is 11.3 Å². The number of nitrogens with zero attached hydrogens (tertiary/aromatic N) is 1. The van der Waals surface area contributed by atoms with Crippen molar-refractivity contribution in [3.8, 4) is 11.8 Å². The van der Waals surface area contributed by atoms with E-state index in [4.69, 9.17) is 5.73 Å². The van der Waals surface area contributed by atoms with Crippen molar-refractivity contribution in [2.45, 2.75) is 0 Å². The van der Waals surface area contributed by atoms with Crippen molar-refractivity contribution < 1.29 is 4.79 Å². The quantitative estimate of drug-likeness (QED) is 0.461. The molecule has 0 saturated heterocycles. The second-order valence-electron chi connectivity index (χ2n) is 1.92. The molecule has 0 aromatic carbocycles. The molecule has 1 aromatic rings. The van der Waals surface area contributed by atoms with Crippen molar-refractivity contribution in [3.63, 3.8) is 0 Å². The number of nitrogens with two attached hydrogens (primary N) is 1. The smallest absolute Gasteiger partial charge is 0.293 e. The number of carbonyl (C=O) groups is 1. The first-order valence-electron chi connectivity index (χ1n) is 3.05. The highest BCUT2D eigenvalue weighted by molar-refractivity contribution is 5.92. The molecule has 0 aliphatic rings. The molecule has 0 fully saturated rings. The fraction of sp³-hybridized carbons (Fsp3) is 0. The Labute approximate surface area is 67.6 Å². The number of hydrogen-bond acceptors (Lipinski definition) is 3. The van der Waals surface area contributed by atoms with Crippen molar-refractivity contribution >= 4 is 5.91 Å². The van der Waals surface area contributed by atoms with Crippen LogP contribution in [0.4, 0.5) is 0 Å². The lowest BCUT2D eigenvalue weighted by Crippen LogP contribution is -2.08. The standard InChI is InChI=1S/C7H5N3O2/c8-6(11)3-1-5-2-4-7(12)10-9-5/h2,4H,(H2,8,11)(H,10,12). The first-order valence-corrected chi connectivity index (χ1v) is 3.05. The molecule has 5 heteroatoms. The zero-order chi connectivity index (χ0) is 8.97. The van der Waals surface area contributed by atoms with Gasteiger partial charge in [0.05, 0.1) is 0 Å². The van der Waals surface area contributed by atoms with E-state index < -0.39 is 5.91 Å². The Morgan fingerprint density at radius 3 is 2.83 bits per heavy atom. The normalized spacial score (nSPS) is 8.33. The van der Waals surface area contributed by atoms with Gasteiger partial charge in [-0.3, -0.25) is 9.59 Å². The van der Waals surface area contributed by atoms with E-state index in [2.05, 4.69) is 22.0 Å². The van der Waals surface area contributed by atoms with Crippen molar-refractivity contribution in [3.05, 3.63) is 28.2 Å². The summed E-state index contributed by atoms with van der Waals surface area (Å²) in [6, 6.07) is 2.66. The maximum atomic E-state index is 10.5. The van der Waals surface area contributed by atoms with Gasteiger partial charge in [-0.25, -0.2) is 5.10 Å². The number of nitrogens with one attached hydrogen (secondary N) is 1. The molecule has 3 N–H and O–H groups in total. The van der Waals surface area contributed by atoms with Crippen molar-refractivity contribution in [1.29, 1.82) is 0 Å². The van der Waals surface area contributed by atoms with Gasteiger partial charge >= 0.3 is 0 Å². The second kappa shape index (κ2) is 3.34. The summed E-state index contributed by atoms with van der Waals surface area (Å²) >= 11 is 0. The van der Waals surface area contributed by atoms with Gasteiger partial charge in [-0.15, -0.1) is 0 Å². The molecule has 1 rings (SSSR count). The highest BCUT2D eigenvalue weighted by Gasteiger charge is 1.87. The first kappa shape index (κ1) is 8.01. The number of aromatic amines is 1. The Kier molecular flexibility index (Phi) is 2.23. The summed E-state index contributed by atoms with van der Waals surface area (Å²) in [6.45, 7) is 0. The third-order valence-electron chi connectivity index (χ3n) is 0.993. The maximum absolute atomic E-state index is 10.5. The maximum Gasteiger partial charge on any atom is 0.293 e. The SMILES string of the molecule is NC(=O)C#Cc1ccc(=O)[nH]n1. The Hall–Kier alpha value is -2.09. The van der Waals surface area contributed by atoms with Crippen molar-refractivity contribution in [1.82, 2.24) is 10.2 Å². The van der Waals surface area contributed by atoms with Gasteiger partial charge in [0.15, 0.2) is 0 Å². The summed E-state index contributed by atoms with van der Waals surface area (Å²) in [5, 5.41) is 5.69. The highest BCUT2D eigenvalue weighted by Crippen LogP contribution is 1.82. The van der Waals surface area contributed by atoms with Crippen LogP contribution in [0.3, 0.4) is 0 Å². The van der Waals surface area contributed by atoms with Crippen LogP contribution in [-0.4, -0.2) is 16.1 Å². The molecule has 0 atom stereocenters. The molecule has 0 radical (unpaired) electrons. The Balaban J connectivity index is 2.94. The molecule has 0 aliphatic heterocycles. The number of H-pyrrole nitrogens is 1. The van der Waals surface area contributed by atoms with Gasteiger partial charge in [-0.2, -0.15) is 5.10 Å². The fourth-order valence-electron chi connectivity index (χ4n) is 0.540. The number of carbonyl (C=O) groups excluding carboxylic acids is 1. The monoisotopic (exact) mass is 163 g/mol. The molecule has 12 heavy (non-hydrogen) atoms. The molecule has 1 aromatic heterocycles. The summed E-state index contributed by atoms with van der Waals surface area (Å²) in [4.78, 5) is 20.7. The fourth-order valence-corrected chi connectivity index (χ4v) is 0.540. The minimum absolute atomic E-state index is 0.299. The van der Waals surface area contributed by atoms with Crippen LogP contribution >= 0.6 is 0 Å². The van der Waals surface area contributed by atoms with Crippen LogP contribution in [0.1, 0.15) is 5.69 Å². The molecule has 1 heterocycles. The largest absolute Gasteiger partial charge is 0.359 e. The lowest BCUT2D eigenvalue weighted by Gasteiger charge is -1.84. The molecule has 5 nitrogen and oxygen atoms in total. The first-order chi connectivity index (χ1) is 5.68. The summed E-state index contributed by atoms with van der Waals surface area (Å²) in [6.07, 6.45) is 0. The van der Waals surface area contributed by atoms with Crippen molar-refractivity contribution in [2.75, 3.05) is 0 Å². The predicted octanol–water partition coefficient (Wildman–Crippen LogP) is -1.39. The number of hydrogen-bond donors (Lipinski definition) is 2. The minimum atomic E-state index is -0.733. The van der Waals surface area contributed by atoms with Gasteiger partial charge in [0.2, 0.25) is 0 Å². The Morgan fingerprint density at radius 2 is 2.33 bits per heavy atom. The Bertz CT molecular complexity index is 390. The van der Waals surface area contributed by atoms with Gasteiger partial charge in [0, 0.05) is 12.0 Å². The second-order valence-corrected chi connectivity index (χ2v) is 1.92. The zero-order valence-electron chi connectivity index (χ0n) is 6.00. The van der Waals surface area contributed by atoms with E-state index in [9.17, 15) is 9.59 Å². The van der Waals surface area contributed by atoms with Crippen molar-refractivity contribution in [2.24, 2.45) is 5.73 Å². The van der Waals surface area contributed by atoms with E-state index in [0.29, 0.717) is 5.69 Å². The average Bonchev–Trinajstić information content (AvgIpc) is 2.03. The third kappa shape index (κ3) is 2.27. The van der Waals surface area contributed by atoms with E-state index in [1.807, 2.05) is 0 Å². The summed E-state index contributed by atoms with van der Waals surface area (Å²) < 4.78 is 0. The van der Waals surface area contributed by atoms with Gasteiger partial charge in [-0.1, -0.05) is 0 Å². The number of amides is 1. The van der Waals surface area contributed by atoms with Crippen LogP contribution in [0.2, 0.25) is 0 Å². The molecule has 0 aliphatic carbocycles. The predicted molar refractivity (Wildman–Crippen MR) is 40.9 cm³/mol. The topological polar surface area (TPSA) is 88.8 Å². The minimum Gasteiger partial charge on any atom is -0.359 e. The number of rotatable bonds is 0. The van der Waals surface area contributed by atoms with Crippen LogP contribution in [0.25, 0.3) is 0 Å². The Morgan fingerprint density at radius 1 is 1.58 bits per heavy atom. The van der Waals surface area contributed by atoms with E-state index in [0.717, 1.165) is 0 Å². The zero-order valence-corrected chi connectivity index (χ0v) is 6.00. The van der Waals surface area contributed by atoms with Gasteiger partial charge in [0.25, 0.3) is 11.5 Å². The van der Waals surface area contributed by atoms with Gasteiger partial charge in [0.1, 0.15) is 5.69 Å². The third-order valence-corrected chi connectivity index (χ3v) is 0.993. The highest BCUT2D eigenvalue weighted by atomic mass is 16.1. The van der Waals surface area contributed by atoms with Crippen LogP contribution in [0.5, 0.6) is 0 Å². The van der Waals surface area contributed by atoms with Crippen LogP contribution in [-0.2, 0) is 4.79 Å². The van der Waals surface area contributed by atoms with E-state index >= 15 is 0 Å².